The van der Waals surface area contributed by atoms with Gasteiger partial charge in [0, 0.05) is 42.9 Å². The monoisotopic (exact) mass is 658 g/mol. The number of nitrogens with two attached hydrogens (primary N) is 1. The van der Waals surface area contributed by atoms with E-state index in [0.717, 1.165) is 23.9 Å². The van der Waals surface area contributed by atoms with E-state index >= 15 is 4.39 Å². The molecular weight excluding hydrogens is 623 g/mol. The fourth-order valence-electron chi connectivity index (χ4n) is 5.27. The summed E-state index contributed by atoms with van der Waals surface area (Å²) < 4.78 is 59.2. The number of hydrogen-bond donors (Lipinski definition) is 2. The normalized spacial score (nSPS) is 14.3. The molecule has 1 unspecified atom stereocenters. The lowest BCUT2D eigenvalue weighted by molar-refractivity contribution is 0.0999. The molecule has 47 heavy (non-hydrogen) atoms. The molecule has 1 heterocycles. The highest BCUT2D eigenvalue weighted by atomic mass is 32.2. The van der Waals surface area contributed by atoms with Gasteiger partial charge in [-0.3, -0.25) is 9.52 Å². The second kappa shape index (κ2) is 14.5. The molecule has 0 spiro atoms. The number of nitriles is 1. The minimum absolute atomic E-state index is 0.0558. The van der Waals surface area contributed by atoms with Crippen LogP contribution in [0.2, 0.25) is 0 Å². The van der Waals surface area contributed by atoms with Crippen molar-refractivity contribution >= 4 is 27.3 Å². The quantitative estimate of drug-likeness (QED) is 0.181. The number of amides is 1. The molecule has 5 rings (SSSR count). The van der Waals surface area contributed by atoms with Crippen LogP contribution in [-0.2, 0) is 27.8 Å². The Kier molecular flexibility index (Phi) is 10.3. The first-order valence-corrected chi connectivity index (χ1v) is 16.8. The number of ether oxygens (including phenoxy) is 3. The first kappa shape index (κ1) is 33.2. The van der Waals surface area contributed by atoms with Crippen LogP contribution < -0.4 is 24.8 Å². The summed E-state index contributed by atoms with van der Waals surface area (Å²) in [5, 5.41) is 9.21. The molecule has 1 amide bonds. The van der Waals surface area contributed by atoms with Crippen LogP contribution in [0.15, 0.2) is 78.9 Å². The Bertz CT molecular complexity index is 1900. The second-order valence-electron chi connectivity index (χ2n) is 11.5. The number of primary amides is 1. The molecule has 3 N–H and O–H groups in total. The van der Waals surface area contributed by atoms with Gasteiger partial charge in [0.25, 0.3) is 0 Å². The third-order valence-electron chi connectivity index (χ3n) is 7.67. The van der Waals surface area contributed by atoms with Crippen LogP contribution in [-0.4, -0.2) is 40.4 Å². The van der Waals surface area contributed by atoms with Crippen LogP contribution >= 0.6 is 0 Å². The molecule has 4 aromatic carbocycles. The Hall–Kier alpha value is -5.12. The van der Waals surface area contributed by atoms with Gasteiger partial charge in [-0.25, -0.2) is 12.8 Å². The summed E-state index contributed by atoms with van der Waals surface area (Å²) >= 11 is 0. The van der Waals surface area contributed by atoms with E-state index in [1.807, 2.05) is 30.0 Å². The van der Waals surface area contributed by atoms with E-state index < -0.39 is 21.7 Å². The average molecular weight is 659 g/mol. The van der Waals surface area contributed by atoms with Gasteiger partial charge in [0.05, 0.1) is 36.8 Å². The average Bonchev–Trinajstić information content (AvgIpc) is 3.56. The van der Waals surface area contributed by atoms with E-state index in [4.69, 9.17) is 19.9 Å². The van der Waals surface area contributed by atoms with Crippen LogP contribution in [0.5, 0.6) is 17.2 Å². The van der Waals surface area contributed by atoms with Crippen molar-refractivity contribution in [3.05, 3.63) is 112 Å². The number of benzene rings is 4. The molecule has 0 aromatic heterocycles. The number of anilines is 2. The maximum Gasteiger partial charge on any atom is 0.248 e. The van der Waals surface area contributed by atoms with Crippen molar-refractivity contribution in [3.8, 4) is 23.3 Å². The van der Waals surface area contributed by atoms with Crippen molar-refractivity contribution < 1.29 is 31.8 Å². The van der Waals surface area contributed by atoms with E-state index in [-0.39, 0.29) is 29.5 Å². The van der Waals surface area contributed by atoms with Crippen LogP contribution in [0.1, 0.15) is 39.0 Å². The fourth-order valence-corrected chi connectivity index (χ4v) is 5.89. The van der Waals surface area contributed by atoms with Crippen molar-refractivity contribution in [1.82, 2.24) is 0 Å². The zero-order valence-corrected chi connectivity index (χ0v) is 26.8. The number of sulfonamides is 1. The summed E-state index contributed by atoms with van der Waals surface area (Å²) in [4.78, 5) is 14.0. The molecular formula is C35H35FN4O6S. The summed E-state index contributed by atoms with van der Waals surface area (Å²) in [7, 11) is -3.52. The number of nitrogens with one attached hydrogen (secondary N) is 1. The van der Waals surface area contributed by atoms with Crippen molar-refractivity contribution in [2.75, 3.05) is 35.7 Å². The summed E-state index contributed by atoms with van der Waals surface area (Å²) in [5.74, 6) is -0.547. The zero-order valence-electron chi connectivity index (χ0n) is 26.0. The van der Waals surface area contributed by atoms with Crippen molar-refractivity contribution in [3.63, 3.8) is 0 Å². The molecule has 4 aromatic rings. The molecule has 0 bridgehead atoms. The summed E-state index contributed by atoms with van der Waals surface area (Å²) in [6, 6.07) is 23.7. The number of carbonyl (C=O) groups excluding carboxylic acids is 1. The summed E-state index contributed by atoms with van der Waals surface area (Å²) in [5.41, 5.74) is 9.61. The molecule has 12 heteroatoms. The minimum atomic E-state index is -3.52. The molecule has 244 valence electrons. The topological polar surface area (TPSA) is 144 Å². The Labute approximate surface area is 273 Å². The van der Waals surface area contributed by atoms with Crippen molar-refractivity contribution in [2.45, 2.75) is 26.4 Å². The van der Waals surface area contributed by atoms with E-state index in [0.29, 0.717) is 54.5 Å². The predicted octanol–water partition coefficient (Wildman–Crippen LogP) is 5.89. The van der Waals surface area contributed by atoms with Crippen LogP contribution in [0.3, 0.4) is 0 Å². The van der Waals surface area contributed by atoms with Gasteiger partial charge >= 0.3 is 0 Å². The molecule has 1 fully saturated rings. The number of rotatable bonds is 13. The van der Waals surface area contributed by atoms with Gasteiger partial charge < -0.3 is 24.8 Å². The van der Waals surface area contributed by atoms with Gasteiger partial charge in [-0.15, -0.1) is 0 Å². The second-order valence-corrected chi connectivity index (χ2v) is 13.2. The third kappa shape index (κ3) is 9.00. The molecule has 0 aliphatic carbocycles. The Morgan fingerprint density at radius 3 is 2.45 bits per heavy atom. The maximum absolute atomic E-state index is 15.6. The summed E-state index contributed by atoms with van der Waals surface area (Å²) in [6.45, 7) is 4.15. The van der Waals surface area contributed by atoms with Gasteiger partial charge in [-0.1, -0.05) is 24.3 Å². The Balaban J connectivity index is 1.40. The number of hydrogen-bond acceptors (Lipinski definition) is 8. The van der Waals surface area contributed by atoms with Crippen molar-refractivity contribution in [1.29, 1.82) is 5.26 Å². The summed E-state index contributed by atoms with van der Waals surface area (Å²) in [6.07, 6.45) is 1.97. The van der Waals surface area contributed by atoms with Gasteiger partial charge in [0.15, 0.2) is 11.6 Å². The molecule has 1 saturated heterocycles. The SMILES string of the molecule is Cc1c(NS(C)(=O)=O)cccc1N(Cc1ccc(C#N)cc1)Cc1ccc(Oc2cc(OCC3CCOC3)cc(C(N)=O)c2)c(F)c1. The lowest BCUT2D eigenvalue weighted by atomic mass is 10.1. The highest BCUT2D eigenvalue weighted by Gasteiger charge is 2.19. The van der Waals surface area contributed by atoms with Crippen LogP contribution in [0, 0.1) is 30.0 Å². The first-order valence-electron chi connectivity index (χ1n) is 14.9. The number of nitrogens with zero attached hydrogens (tertiary/aromatic N) is 2. The van der Waals surface area contributed by atoms with Gasteiger partial charge in [0.2, 0.25) is 15.9 Å². The lowest BCUT2D eigenvalue weighted by Gasteiger charge is -2.28. The molecule has 10 nitrogen and oxygen atoms in total. The van der Waals surface area contributed by atoms with Crippen LogP contribution in [0.4, 0.5) is 15.8 Å². The molecule has 1 aliphatic rings. The van der Waals surface area contributed by atoms with E-state index in [2.05, 4.69) is 10.8 Å². The molecule has 1 aliphatic heterocycles. The largest absolute Gasteiger partial charge is 0.493 e. The highest BCUT2D eigenvalue weighted by Crippen LogP contribution is 2.33. The van der Waals surface area contributed by atoms with Gasteiger partial charge in [-0.05, 0) is 78.6 Å². The van der Waals surface area contributed by atoms with Gasteiger partial charge in [-0.2, -0.15) is 5.26 Å². The lowest BCUT2D eigenvalue weighted by Crippen LogP contribution is -2.23. The highest BCUT2D eigenvalue weighted by molar-refractivity contribution is 7.92. The first-order chi connectivity index (χ1) is 22.5. The Morgan fingerprint density at radius 2 is 1.79 bits per heavy atom. The van der Waals surface area contributed by atoms with E-state index in [9.17, 15) is 18.5 Å². The minimum Gasteiger partial charge on any atom is -0.493 e. The van der Waals surface area contributed by atoms with Crippen molar-refractivity contribution in [2.24, 2.45) is 11.7 Å². The number of halogens is 1. The molecule has 1 atom stereocenters. The zero-order chi connectivity index (χ0) is 33.6. The van der Waals surface area contributed by atoms with Gasteiger partial charge in [0.1, 0.15) is 11.5 Å². The molecule has 0 saturated carbocycles. The van der Waals surface area contributed by atoms with E-state index in [1.165, 1.54) is 24.3 Å². The predicted molar refractivity (Wildman–Crippen MR) is 177 cm³/mol. The fraction of sp³-hybridized carbons (Fsp3) is 0.257. The van der Waals surface area contributed by atoms with E-state index in [1.54, 1.807) is 36.4 Å². The standard InChI is InChI=1S/C35H35FN4O6S/c1-23-32(39-47(2,42)43)4-3-5-33(23)40(19-25-8-6-24(18-37)7-9-25)20-26-10-11-34(31(36)14-26)46-30-16-28(35(38)41)15-29(17-30)45-22-27-12-13-44-21-27/h3-11,14-17,27,39H,12-13,19-22H2,1-2H3,(H2,38,41). The maximum atomic E-state index is 15.6. The third-order valence-corrected chi connectivity index (χ3v) is 8.26. The Morgan fingerprint density at radius 1 is 1.06 bits per heavy atom. The molecule has 0 radical (unpaired) electrons. The smallest absolute Gasteiger partial charge is 0.248 e. The van der Waals surface area contributed by atoms with Crippen LogP contribution in [0.25, 0.3) is 0 Å². The number of carbonyl (C=O) groups is 1.